The van der Waals surface area contributed by atoms with Gasteiger partial charge in [-0.25, -0.2) is 4.39 Å². The van der Waals surface area contributed by atoms with Crippen LogP contribution in [-0.4, -0.2) is 20.3 Å². The highest BCUT2D eigenvalue weighted by Crippen LogP contribution is 2.08. The molecule has 78 valence electrons. The molecule has 1 aromatic rings. The van der Waals surface area contributed by atoms with Crippen molar-refractivity contribution >= 4 is 0 Å². The highest BCUT2D eigenvalue weighted by Gasteiger charge is 1.98. The molecule has 0 saturated carbocycles. The Hall–Kier alpha value is -0.930. The van der Waals surface area contributed by atoms with Gasteiger partial charge in [-0.15, -0.1) is 0 Å². The van der Waals surface area contributed by atoms with Crippen molar-refractivity contribution in [2.24, 2.45) is 0 Å². The Morgan fingerprint density at radius 3 is 2.86 bits per heavy atom. The minimum Gasteiger partial charge on any atom is -0.383 e. The summed E-state index contributed by atoms with van der Waals surface area (Å²) < 4.78 is 18.0. The number of nitrogens with one attached hydrogen (secondary N) is 1. The van der Waals surface area contributed by atoms with Gasteiger partial charge in [-0.2, -0.15) is 0 Å². The zero-order chi connectivity index (χ0) is 10.4. The second-order valence-corrected chi connectivity index (χ2v) is 3.25. The van der Waals surface area contributed by atoms with Crippen LogP contribution in [0.1, 0.15) is 11.1 Å². The average Bonchev–Trinajstić information content (AvgIpc) is 2.18. The van der Waals surface area contributed by atoms with Crippen molar-refractivity contribution in [2.45, 2.75) is 13.5 Å². The SMILES string of the molecule is COCCNCc1ccc(C)c(F)c1. The second-order valence-electron chi connectivity index (χ2n) is 3.25. The number of benzene rings is 1. The van der Waals surface area contributed by atoms with Gasteiger partial charge in [-0.05, 0) is 24.1 Å². The predicted molar refractivity (Wildman–Crippen MR) is 54.7 cm³/mol. The van der Waals surface area contributed by atoms with E-state index >= 15 is 0 Å². The maximum atomic E-state index is 13.1. The van der Waals surface area contributed by atoms with Gasteiger partial charge in [0.1, 0.15) is 5.82 Å². The summed E-state index contributed by atoms with van der Waals surface area (Å²) in [6.07, 6.45) is 0. The molecule has 0 bridgehead atoms. The third-order valence-electron chi connectivity index (χ3n) is 2.05. The highest BCUT2D eigenvalue weighted by atomic mass is 19.1. The van der Waals surface area contributed by atoms with Crippen molar-refractivity contribution in [3.63, 3.8) is 0 Å². The number of hydrogen-bond acceptors (Lipinski definition) is 2. The molecule has 0 fully saturated rings. The summed E-state index contributed by atoms with van der Waals surface area (Å²) in [6, 6.07) is 5.29. The zero-order valence-corrected chi connectivity index (χ0v) is 8.64. The van der Waals surface area contributed by atoms with Crippen LogP contribution in [0, 0.1) is 12.7 Å². The molecule has 1 aromatic carbocycles. The fourth-order valence-electron chi connectivity index (χ4n) is 1.15. The third-order valence-corrected chi connectivity index (χ3v) is 2.05. The molecule has 0 radical (unpaired) electrons. The van der Waals surface area contributed by atoms with Gasteiger partial charge in [0.25, 0.3) is 0 Å². The van der Waals surface area contributed by atoms with Gasteiger partial charge in [0.05, 0.1) is 6.61 Å². The number of methoxy groups -OCH3 is 1. The molecule has 0 atom stereocenters. The number of ether oxygens (including phenoxy) is 1. The van der Waals surface area contributed by atoms with E-state index in [1.807, 2.05) is 6.07 Å². The molecule has 0 aliphatic heterocycles. The van der Waals surface area contributed by atoms with E-state index in [2.05, 4.69) is 5.32 Å². The Labute approximate surface area is 84.1 Å². The number of aryl methyl sites for hydroxylation is 1. The fourth-order valence-corrected chi connectivity index (χ4v) is 1.15. The summed E-state index contributed by atoms with van der Waals surface area (Å²) in [7, 11) is 1.66. The first-order valence-corrected chi connectivity index (χ1v) is 4.68. The largest absolute Gasteiger partial charge is 0.383 e. The molecule has 0 amide bonds. The van der Waals surface area contributed by atoms with Crippen LogP contribution in [0.15, 0.2) is 18.2 Å². The fraction of sp³-hybridized carbons (Fsp3) is 0.455. The van der Waals surface area contributed by atoms with Crippen LogP contribution in [0.25, 0.3) is 0 Å². The first kappa shape index (κ1) is 11.1. The van der Waals surface area contributed by atoms with Gasteiger partial charge in [0.2, 0.25) is 0 Å². The standard InChI is InChI=1S/C11H16FNO/c1-9-3-4-10(7-11(9)12)8-13-5-6-14-2/h3-4,7,13H,5-6,8H2,1-2H3. The molecule has 3 heteroatoms. The van der Waals surface area contributed by atoms with Gasteiger partial charge in [-0.1, -0.05) is 12.1 Å². The molecule has 1 rings (SSSR count). The molecule has 14 heavy (non-hydrogen) atoms. The van der Waals surface area contributed by atoms with Crippen molar-refractivity contribution in [1.29, 1.82) is 0 Å². The second kappa shape index (κ2) is 5.73. The number of halogens is 1. The van der Waals surface area contributed by atoms with E-state index in [0.717, 1.165) is 12.1 Å². The van der Waals surface area contributed by atoms with Crippen molar-refractivity contribution < 1.29 is 9.13 Å². The molecule has 0 aliphatic carbocycles. The van der Waals surface area contributed by atoms with Crippen molar-refractivity contribution in [3.05, 3.63) is 35.1 Å². The molecular weight excluding hydrogens is 181 g/mol. The van der Waals surface area contributed by atoms with Crippen LogP contribution in [0.3, 0.4) is 0 Å². The molecule has 0 saturated heterocycles. The molecular formula is C11H16FNO. The third kappa shape index (κ3) is 3.44. The molecule has 0 aromatic heterocycles. The summed E-state index contributed by atoms with van der Waals surface area (Å²) in [6.45, 7) is 3.90. The summed E-state index contributed by atoms with van der Waals surface area (Å²) in [5.74, 6) is -0.143. The Bertz CT molecular complexity index is 289. The maximum Gasteiger partial charge on any atom is 0.126 e. The minimum absolute atomic E-state index is 0.143. The topological polar surface area (TPSA) is 21.3 Å². The Morgan fingerprint density at radius 1 is 1.43 bits per heavy atom. The van der Waals surface area contributed by atoms with E-state index in [0.29, 0.717) is 18.7 Å². The first-order chi connectivity index (χ1) is 6.74. The van der Waals surface area contributed by atoms with Gasteiger partial charge in [0.15, 0.2) is 0 Å². The van der Waals surface area contributed by atoms with Crippen LogP contribution >= 0.6 is 0 Å². The van der Waals surface area contributed by atoms with E-state index in [-0.39, 0.29) is 5.82 Å². The highest BCUT2D eigenvalue weighted by molar-refractivity contribution is 5.23. The lowest BCUT2D eigenvalue weighted by atomic mass is 10.1. The molecule has 0 aliphatic rings. The lowest BCUT2D eigenvalue weighted by Gasteiger charge is -2.05. The van der Waals surface area contributed by atoms with Gasteiger partial charge < -0.3 is 10.1 Å². The van der Waals surface area contributed by atoms with Crippen LogP contribution in [-0.2, 0) is 11.3 Å². The molecule has 0 unspecified atom stereocenters. The Morgan fingerprint density at radius 2 is 2.21 bits per heavy atom. The lowest BCUT2D eigenvalue weighted by molar-refractivity contribution is 0.199. The van der Waals surface area contributed by atoms with Gasteiger partial charge in [-0.3, -0.25) is 0 Å². The van der Waals surface area contributed by atoms with Crippen molar-refractivity contribution in [3.8, 4) is 0 Å². The number of hydrogen-bond donors (Lipinski definition) is 1. The van der Waals surface area contributed by atoms with E-state index in [9.17, 15) is 4.39 Å². The predicted octanol–water partition coefficient (Wildman–Crippen LogP) is 1.87. The van der Waals surface area contributed by atoms with E-state index in [4.69, 9.17) is 4.74 Å². The quantitative estimate of drug-likeness (QED) is 0.728. The van der Waals surface area contributed by atoms with E-state index in [1.54, 1.807) is 26.2 Å². The average molecular weight is 197 g/mol. The van der Waals surface area contributed by atoms with Crippen LogP contribution < -0.4 is 5.32 Å². The summed E-state index contributed by atoms with van der Waals surface area (Å²) in [5.41, 5.74) is 1.65. The first-order valence-electron chi connectivity index (χ1n) is 4.68. The van der Waals surface area contributed by atoms with E-state index < -0.39 is 0 Å². The van der Waals surface area contributed by atoms with Gasteiger partial charge >= 0.3 is 0 Å². The normalized spacial score (nSPS) is 10.5. The molecule has 0 heterocycles. The summed E-state index contributed by atoms with van der Waals surface area (Å²) in [5, 5.41) is 3.16. The van der Waals surface area contributed by atoms with Crippen LogP contribution in [0.2, 0.25) is 0 Å². The van der Waals surface area contributed by atoms with Gasteiger partial charge in [0, 0.05) is 20.2 Å². The smallest absolute Gasteiger partial charge is 0.126 e. The van der Waals surface area contributed by atoms with Crippen molar-refractivity contribution in [1.82, 2.24) is 5.32 Å². The van der Waals surface area contributed by atoms with E-state index in [1.165, 1.54) is 0 Å². The van der Waals surface area contributed by atoms with Crippen LogP contribution in [0.5, 0.6) is 0 Å². The Kier molecular flexibility index (Phi) is 4.56. The summed E-state index contributed by atoms with van der Waals surface area (Å²) >= 11 is 0. The number of rotatable bonds is 5. The molecule has 1 N–H and O–H groups in total. The maximum absolute atomic E-state index is 13.1. The minimum atomic E-state index is -0.143. The Balaban J connectivity index is 2.39. The molecule has 2 nitrogen and oxygen atoms in total. The summed E-state index contributed by atoms with van der Waals surface area (Å²) in [4.78, 5) is 0. The monoisotopic (exact) mass is 197 g/mol. The molecule has 0 spiro atoms. The zero-order valence-electron chi connectivity index (χ0n) is 8.64. The van der Waals surface area contributed by atoms with Crippen LogP contribution in [0.4, 0.5) is 4.39 Å². The lowest BCUT2D eigenvalue weighted by Crippen LogP contribution is -2.18. The van der Waals surface area contributed by atoms with Crippen molar-refractivity contribution in [2.75, 3.05) is 20.3 Å².